The van der Waals surface area contributed by atoms with Gasteiger partial charge in [0.2, 0.25) is 0 Å². The highest BCUT2D eigenvalue weighted by Gasteiger charge is 2.33. The van der Waals surface area contributed by atoms with Crippen LogP contribution in [0.4, 0.5) is 0 Å². The second-order valence-corrected chi connectivity index (χ2v) is 8.90. The van der Waals surface area contributed by atoms with E-state index >= 15 is 0 Å². The molecule has 6 aromatic heterocycles. The van der Waals surface area contributed by atoms with Gasteiger partial charge in [0.05, 0.1) is 17.1 Å². The van der Waals surface area contributed by atoms with Gasteiger partial charge in [-0.1, -0.05) is 0 Å². The molecule has 0 amide bonds. The Morgan fingerprint density at radius 2 is 0.730 bits per heavy atom. The molecule has 0 fully saturated rings. The van der Waals surface area contributed by atoms with Crippen LogP contribution in [0.25, 0.3) is 33.8 Å². The van der Waals surface area contributed by atoms with Crippen molar-refractivity contribution in [3.8, 4) is 33.8 Å². The van der Waals surface area contributed by atoms with Gasteiger partial charge in [0.1, 0.15) is 0 Å². The van der Waals surface area contributed by atoms with Crippen molar-refractivity contribution >= 4 is 7.12 Å². The van der Waals surface area contributed by atoms with Crippen LogP contribution < -0.4 is 0 Å². The molecule has 0 aromatic carbocycles. The average molecular weight is 485 g/mol. The Balaban J connectivity index is 1.53. The van der Waals surface area contributed by atoms with Gasteiger partial charge in [0, 0.05) is 71.0 Å². The van der Waals surface area contributed by atoms with Crippen LogP contribution in [0.15, 0.2) is 91.8 Å². The molecule has 6 aromatic rings. The van der Waals surface area contributed by atoms with E-state index in [0.717, 1.165) is 50.9 Å². The molecule has 0 aliphatic heterocycles. The minimum absolute atomic E-state index is 0.457. The first-order chi connectivity index (χ1) is 18.1. The quantitative estimate of drug-likeness (QED) is 0.327. The molecule has 180 valence electrons. The maximum atomic E-state index is 5.03. The number of aromatic nitrogens is 9. The van der Waals surface area contributed by atoms with Crippen LogP contribution in [-0.2, 0) is 0 Å². The Kier molecular flexibility index (Phi) is 5.68. The maximum Gasteiger partial charge on any atom is 0.569 e. The highest BCUT2D eigenvalue weighted by molar-refractivity contribution is 6.53. The molecule has 0 bridgehead atoms. The van der Waals surface area contributed by atoms with Crippen molar-refractivity contribution in [2.45, 2.75) is 20.8 Å². The Bertz CT molecular complexity index is 1460. The van der Waals surface area contributed by atoms with E-state index in [0.29, 0.717) is 0 Å². The summed E-state index contributed by atoms with van der Waals surface area (Å²) < 4.78 is 5.92. The van der Waals surface area contributed by atoms with E-state index in [9.17, 15) is 0 Å². The van der Waals surface area contributed by atoms with Gasteiger partial charge in [-0.3, -0.25) is 28.7 Å². The molecular formula is C27H24BN9. The third-order valence-corrected chi connectivity index (χ3v) is 6.35. The van der Waals surface area contributed by atoms with E-state index in [1.165, 1.54) is 0 Å². The summed E-state index contributed by atoms with van der Waals surface area (Å²) >= 11 is 0. The predicted octanol–water partition coefficient (Wildman–Crippen LogP) is 4.32. The van der Waals surface area contributed by atoms with Crippen molar-refractivity contribution in [3.63, 3.8) is 0 Å². The van der Waals surface area contributed by atoms with Crippen LogP contribution >= 0.6 is 0 Å². The number of pyridine rings is 3. The summed E-state index contributed by atoms with van der Waals surface area (Å²) in [5, 5.41) is 15.1. The van der Waals surface area contributed by atoms with Crippen molar-refractivity contribution in [3.05, 3.63) is 109 Å². The molecule has 0 aliphatic carbocycles. The molecule has 0 unspecified atom stereocenters. The highest BCUT2D eigenvalue weighted by atomic mass is 15.5. The molecule has 0 saturated heterocycles. The monoisotopic (exact) mass is 485 g/mol. The summed E-state index contributed by atoms with van der Waals surface area (Å²) in [5.74, 6) is 0. The van der Waals surface area contributed by atoms with Crippen LogP contribution in [0.2, 0.25) is 0 Å². The largest absolute Gasteiger partial charge is 0.569 e. The Hall–Kier alpha value is -4.86. The van der Waals surface area contributed by atoms with Crippen molar-refractivity contribution in [1.29, 1.82) is 0 Å². The van der Waals surface area contributed by atoms with E-state index < -0.39 is 7.12 Å². The first kappa shape index (κ1) is 22.6. The van der Waals surface area contributed by atoms with Gasteiger partial charge in [0.25, 0.3) is 0 Å². The summed E-state index contributed by atoms with van der Waals surface area (Å²) in [6.45, 7) is 6.15. The first-order valence-electron chi connectivity index (χ1n) is 12.0. The first-order valence-corrected chi connectivity index (χ1v) is 12.0. The number of nitrogens with zero attached hydrogens (tertiary/aromatic N) is 9. The van der Waals surface area contributed by atoms with E-state index in [4.69, 9.17) is 15.3 Å². The normalized spacial score (nSPS) is 11.1. The zero-order chi connectivity index (χ0) is 25.4. The van der Waals surface area contributed by atoms with Gasteiger partial charge >= 0.3 is 7.12 Å². The number of hydrogen-bond donors (Lipinski definition) is 0. The molecule has 0 aliphatic rings. The Labute approximate surface area is 214 Å². The fourth-order valence-electron chi connectivity index (χ4n) is 4.47. The van der Waals surface area contributed by atoms with Gasteiger partial charge in [-0.05, 0) is 75.4 Å². The molecule has 0 N–H and O–H groups in total. The summed E-state index contributed by atoms with van der Waals surface area (Å²) in [6, 6.07) is 18.0. The SMILES string of the molecule is Cc1cc(-c2ccncc2)nn1B(n1nc(-c2ccncc2)cc1C)n1nc(-c2ccncc2)cc1C. The minimum Gasteiger partial charge on any atom is -0.265 e. The second-order valence-electron chi connectivity index (χ2n) is 8.90. The Morgan fingerprint density at radius 1 is 0.459 bits per heavy atom. The van der Waals surface area contributed by atoms with Gasteiger partial charge in [-0.15, -0.1) is 0 Å². The second kappa shape index (κ2) is 9.31. The van der Waals surface area contributed by atoms with Crippen molar-refractivity contribution < 1.29 is 0 Å². The molecule has 6 rings (SSSR count). The zero-order valence-electron chi connectivity index (χ0n) is 20.8. The minimum atomic E-state index is -0.457. The molecule has 0 spiro atoms. The molecule has 0 atom stereocenters. The topological polar surface area (TPSA) is 92.1 Å². The molecule has 0 radical (unpaired) electrons. The lowest BCUT2D eigenvalue weighted by Crippen LogP contribution is -2.45. The van der Waals surface area contributed by atoms with Crippen LogP contribution in [0.5, 0.6) is 0 Å². The predicted molar refractivity (Wildman–Crippen MR) is 143 cm³/mol. The summed E-state index contributed by atoms with van der Waals surface area (Å²) in [7, 11) is -0.457. The summed E-state index contributed by atoms with van der Waals surface area (Å²) in [6.07, 6.45) is 10.7. The fourth-order valence-corrected chi connectivity index (χ4v) is 4.47. The molecule has 10 heteroatoms. The number of rotatable bonds is 6. The van der Waals surface area contributed by atoms with Gasteiger partial charge < -0.3 is 0 Å². The third-order valence-electron chi connectivity index (χ3n) is 6.35. The lowest BCUT2D eigenvalue weighted by atomic mass is 9.93. The highest BCUT2D eigenvalue weighted by Crippen LogP contribution is 2.24. The number of hydrogen-bond acceptors (Lipinski definition) is 6. The fraction of sp³-hybridized carbons (Fsp3) is 0.111. The summed E-state index contributed by atoms with van der Waals surface area (Å²) in [4.78, 5) is 12.4. The van der Waals surface area contributed by atoms with Crippen molar-refractivity contribution in [2.75, 3.05) is 0 Å². The van der Waals surface area contributed by atoms with Crippen LogP contribution in [0, 0.1) is 20.8 Å². The van der Waals surface area contributed by atoms with E-state index in [2.05, 4.69) is 53.9 Å². The van der Waals surface area contributed by atoms with Crippen LogP contribution in [-0.4, -0.2) is 51.1 Å². The Morgan fingerprint density at radius 3 is 1.00 bits per heavy atom. The molecule has 6 heterocycles. The molecular weight excluding hydrogens is 461 g/mol. The lowest BCUT2D eigenvalue weighted by molar-refractivity contribution is 0.743. The van der Waals surface area contributed by atoms with Crippen LogP contribution in [0.3, 0.4) is 0 Å². The van der Waals surface area contributed by atoms with Crippen LogP contribution in [0.1, 0.15) is 17.1 Å². The van der Waals surface area contributed by atoms with Crippen molar-refractivity contribution in [1.82, 2.24) is 44.0 Å². The number of aryl methyl sites for hydroxylation is 3. The smallest absolute Gasteiger partial charge is 0.265 e. The van der Waals surface area contributed by atoms with E-state index in [1.807, 2.05) is 50.2 Å². The molecule has 37 heavy (non-hydrogen) atoms. The lowest BCUT2D eigenvalue weighted by Gasteiger charge is -2.18. The van der Waals surface area contributed by atoms with E-state index in [-0.39, 0.29) is 0 Å². The van der Waals surface area contributed by atoms with Gasteiger partial charge in [-0.2, -0.15) is 15.3 Å². The van der Waals surface area contributed by atoms with Gasteiger partial charge in [-0.25, -0.2) is 0 Å². The average Bonchev–Trinajstić information content (AvgIpc) is 3.64. The van der Waals surface area contributed by atoms with Gasteiger partial charge in [0.15, 0.2) is 0 Å². The maximum absolute atomic E-state index is 5.03. The van der Waals surface area contributed by atoms with E-state index in [1.54, 1.807) is 37.2 Å². The molecule has 9 nitrogen and oxygen atoms in total. The third kappa shape index (κ3) is 4.22. The standard InChI is InChI=1S/C27H24BN9/c1-19-16-25(22-4-10-29-11-5-22)32-35(19)28(36-20(2)17-26(33-36)23-6-12-30-13-7-23)37-21(3)18-27(34-37)24-8-14-31-15-9-24/h4-18H,1-3H3. The summed E-state index contributed by atoms with van der Waals surface area (Å²) in [5.41, 5.74) is 8.54. The zero-order valence-corrected chi connectivity index (χ0v) is 20.8. The molecule has 0 saturated carbocycles. The van der Waals surface area contributed by atoms with Crippen molar-refractivity contribution in [2.24, 2.45) is 0 Å².